The number of rotatable bonds is 3. The molecule has 0 bridgehead atoms. The molecule has 0 atom stereocenters. The fraction of sp³-hybridized carbons (Fsp3) is 0.300. The SMILES string of the molecule is COc1cc(C)cc(C(=O)CF)c1. The third kappa shape index (κ3) is 2.28. The Hall–Kier alpha value is -1.38. The molecular weight excluding hydrogens is 171 g/mol. The Morgan fingerprint density at radius 1 is 1.46 bits per heavy atom. The molecule has 0 fully saturated rings. The zero-order valence-corrected chi connectivity index (χ0v) is 7.63. The Labute approximate surface area is 76.3 Å². The van der Waals surface area contributed by atoms with Crippen molar-refractivity contribution < 1.29 is 13.9 Å². The van der Waals surface area contributed by atoms with E-state index < -0.39 is 12.5 Å². The van der Waals surface area contributed by atoms with E-state index in [1.165, 1.54) is 13.2 Å². The average molecular weight is 182 g/mol. The van der Waals surface area contributed by atoms with E-state index in [4.69, 9.17) is 4.74 Å². The molecule has 0 aliphatic rings. The summed E-state index contributed by atoms with van der Waals surface area (Å²) in [6.07, 6.45) is 0. The quantitative estimate of drug-likeness (QED) is 0.669. The van der Waals surface area contributed by atoms with Gasteiger partial charge in [-0.1, -0.05) is 0 Å². The van der Waals surface area contributed by atoms with E-state index in [-0.39, 0.29) is 0 Å². The second-order valence-corrected chi connectivity index (χ2v) is 2.80. The third-order valence-electron chi connectivity index (χ3n) is 1.73. The van der Waals surface area contributed by atoms with Crippen LogP contribution in [0.25, 0.3) is 0 Å². The van der Waals surface area contributed by atoms with Crippen LogP contribution in [-0.2, 0) is 0 Å². The second-order valence-electron chi connectivity index (χ2n) is 2.80. The number of halogens is 1. The number of methoxy groups -OCH3 is 1. The van der Waals surface area contributed by atoms with E-state index in [0.29, 0.717) is 11.3 Å². The van der Waals surface area contributed by atoms with Gasteiger partial charge < -0.3 is 4.74 Å². The number of ketones is 1. The molecule has 1 aromatic carbocycles. The van der Waals surface area contributed by atoms with Crippen LogP contribution in [0.1, 0.15) is 15.9 Å². The van der Waals surface area contributed by atoms with E-state index in [9.17, 15) is 9.18 Å². The summed E-state index contributed by atoms with van der Waals surface area (Å²) in [5.74, 6) is 0.0683. The van der Waals surface area contributed by atoms with Crippen LogP contribution in [0.4, 0.5) is 4.39 Å². The van der Waals surface area contributed by atoms with Crippen molar-refractivity contribution in [1.29, 1.82) is 0 Å². The predicted octanol–water partition coefficient (Wildman–Crippen LogP) is 2.16. The van der Waals surface area contributed by atoms with Crippen LogP contribution in [-0.4, -0.2) is 19.6 Å². The normalized spacial score (nSPS) is 9.77. The number of Topliss-reactive ketones (excluding diaryl/α,β-unsaturated/α-hetero) is 1. The first-order chi connectivity index (χ1) is 6.17. The zero-order chi connectivity index (χ0) is 9.84. The number of aryl methyl sites for hydroxylation is 1. The molecule has 0 aliphatic heterocycles. The molecule has 0 N–H and O–H groups in total. The van der Waals surface area contributed by atoms with Gasteiger partial charge in [0.1, 0.15) is 5.75 Å². The molecule has 1 rings (SSSR count). The molecule has 2 nitrogen and oxygen atoms in total. The topological polar surface area (TPSA) is 26.3 Å². The van der Waals surface area contributed by atoms with Gasteiger partial charge in [-0.2, -0.15) is 0 Å². The third-order valence-corrected chi connectivity index (χ3v) is 1.73. The van der Waals surface area contributed by atoms with E-state index in [2.05, 4.69) is 0 Å². The van der Waals surface area contributed by atoms with Crippen LogP contribution in [0, 0.1) is 6.92 Å². The first kappa shape index (κ1) is 9.71. The second kappa shape index (κ2) is 4.03. The molecule has 0 aromatic heterocycles. The van der Waals surface area contributed by atoms with Crippen LogP contribution in [0.15, 0.2) is 18.2 Å². The van der Waals surface area contributed by atoms with Gasteiger partial charge in [-0.05, 0) is 30.7 Å². The van der Waals surface area contributed by atoms with Gasteiger partial charge in [-0.15, -0.1) is 0 Å². The van der Waals surface area contributed by atoms with Crippen molar-refractivity contribution in [2.75, 3.05) is 13.8 Å². The van der Waals surface area contributed by atoms with Crippen molar-refractivity contribution in [3.05, 3.63) is 29.3 Å². The molecule has 0 heterocycles. The van der Waals surface area contributed by atoms with Crippen LogP contribution < -0.4 is 4.74 Å². The summed E-state index contributed by atoms with van der Waals surface area (Å²) in [5, 5.41) is 0. The Bertz CT molecular complexity index is 321. The molecule has 0 radical (unpaired) electrons. The maximum absolute atomic E-state index is 12.0. The highest BCUT2D eigenvalue weighted by molar-refractivity contribution is 5.97. The average Bonchev–Trinajstić information content (AvgIpc) is 2.15. The number of ether oxygens (including phenoxy) is 1. The fourth-order valence-electron chi connectivity index (χ4n) is 1.10. The molecule has 13 heavy (non-hydrogen) atoms. The smallest absolute Gasteiger partial charge is 0.193 e. The Balaban J connectivity index is 3.08. The van der Waals surface area contributed by atoms with Crippen LogP contribution >= 0.6 is 0 Å². The summed E-state index contributed by atoms with van der Waals surface area (Å²) >= 11 is 0. The number of carbonyl (C=O) groups is 1. The van der Waals surface area contributed by atoms with Gasteiger partial charge in [0, 0.05) is 5.56 Å². The van der Waals surface area contributed by atoms with E-state index >= 15 is 0 Å². The standard InChI is InChI=1S/C10H11FO2/c1-7-3-8(10(12)6-11)5-9(4-7)13-2/h3-5H,6H2,1-2H3. The molecule has 0 unspecified atom stereocenters. The largest absolute Gasteiger partial charge is 0.497 e. The van der Waals surface area contributed by atoms with E-state index in [1.54, 1.807) is 12.1 Å². The van der Waals surface area contributed by atoms with E-state index in [0.717, 1.165) is 5.56 Å². The summed E-state index contributed by atoms with van der Waals surface area (Å²) < 4.78 is 17.0. The summed E-state index contributed by atoms with van der Waals surface area (Å²) in [6, 6.07) is 4.97. The molecule has 0 saturated heterocycles. The van der Waals surface area contributed by atoms with Crippen molar-refractivity contribution in [3.63, 3.8) is 0 Å². The van der Waals surface area contributed by atoms with Gasteiger partial charge in [-0.25, -0.2) is 4.39 Å². The highest BCUT2D eigenvalue weighted by Crippen LogP contribution is 2.16. The highest BCUT2D eigenvalue weighted by atomic mass is 19.1. The maximum atomic E-state index is 12.0. The van der Waals surface area contributed by atoms with Gasteiger partial charge in [0.15, 0.2) is 12.5 Å². The minimum absolute atomic E-state index is 0.361. The lowest BCUT2D eigenvalue weighted by Gasteiger charge is -2.03. The molecule has 0 spiro atoms. The number of benzene rings is 1. The van der Waals surface area contributed by atoms with Crippen molar-refractivity contribution in [2.45, 2.75) is 6.92 Å². The monoisotopic (exact) mass is 182 g/mol. The molecule has 0 aliphatic carbocycles. The van der Waals surface area contributed by atoms with Gasteiger partial charge in [-0.3, -0.25) is 4.79 Å². The zero-order valence-electron chi connectivity index (χ0n) is 7.63. The van der Waals surface area contributed by atoms with Crippen molar-refractivity contribution >= 4 is 5.78 Å². The highest BCUT2D eigenvalue weighted by Gasteiger charge is 2.06. The van der Waals surface area contributed by atoms with E-state index in [1.807, 2.05) is 6.92 Å². The first-order valence-electron chi connectivity index (χ1n) is 3.92. The minimum Gasteiger partial charge on any atom is -0.497 e. The lowest BCUT2D eigenvalue weighted by Crippen LogP contribution is -2.01. The van der Waals surface area contributed by atoms with Gasteiger partial charge in [0.05, 0.1) is 7.11 Å². The molecule has 0 saturated carbocycles. The number of alkyl halides is 1. The van der Waals surface area contributed by atoms with Gasteiger partial charge >= 0.3 is 0 Å². The summed E-state index contributed by atoms with van der Waals surface area (Å²) in [5.41, 5.74) is 1.25. The van der Waals surface area contributed by atoms with Gasteiger partial charge in [0.25, 0.3) is 0 Å². The Morgan fingerprint density at radius 2 is 2.15 bits per heavy atom. The predicted molar refractivity (Wildman–Crippen MR) is 48.0 cm³/mol. The number of carbonyl (C=O) groups excluding carboxylic acids is 1. The molecule has 0 amide bonds. The van der Waals surface area contributed by atoms with Crippen LogP contribution in [0.2, 0.25) is 0 Å². The number of hydrogen-bond acceptors (Lipinski definition) is 2. The summed E-state index contributed by atoms with van der Waals surface area (Å²) in [4.78, 5) is 11.0. The molecular formula is C10H11FO2. The van der Waals surface area contributed by atoms with Crippen molar-refractivity contribution in [2.24, 2.45) is 0 Å². The maximum Gasteiger partial charge on any atom is 0.193 e. The van der Waals surface area contributed by atoms with Gasteiger partial charge in [0.2, 0.25) is 0 Å². The fourth-order valence-corrected chi connectivity index (χ4v) is 1.10. The Morgan fingerprint density at radius 3 is 2.69 bits per heavy atom. The summed E-state index contributed by atoms with van der Waals surface area (Å²) in [7, 11) is 1.51. The van der Waals surface area contributed by atoms with Crippen molar-refractivity contribution in [3.8, 4) is 5.75 Å². The Kier molecular flexibility index (Phi) is 3.01. The lowest BCUT2D eigenvalue weighted by atomic mass is 10.1. The molecule has 3 heteroatoms. The minimum atomic E-state index is -0.966. The number of hydrogen-bond donors (Lipinski definition) is 0. The molecule has 70 valence electrons. The summed E-state index contributed by atoms with van der Waals surface area (Å²) in [6.45, 7) is 0.865. The van der Waals surface area contributed by atoms with Crippen LogP contribution in [0.3, 0.4) is 0 Å². The van der Waals surface area contributed by atoms with Crippen LogP contribution in [0.5, 0.6) is 5.75 Å². The van der Waals surface area contributed by atoms with Crippen molar-refractivity contribution in [1.82, 2.24) is 0 Å². The molecule has 1 aromatic rings. The lowest BCUT2D eigenvalue weighted by molar-refractivity contribution is 0.0958. The first-order valence-corrected chi connectivity index (χ1v) is 3.92.